The second-order valence-electron chi connectivity index (χ2n) is 6.08. The normalized spacial score (nSPS) is 10.6. The Labute approximate surface area is 162 Å². The zero-order valence-corrected chi connectivity index (χ0v) is 16.0. The molecular formula is C20H22N4O2S. The van der Waals surface area contributed by atoms with Gasteiger partial charge in [-0.2, -0.15) is 5.10 Å². The van der Waals surface area contributed by atoms with Crippen molar-refractivity contribution in [3.63, 3.8) is 0 Å². The molecule has 0 saturated heterocycles. The maximum Gasteiger partial charge on any atom is 0.255 e. The van der Waals surface area contributed by atoms with Crippen LogP contribution in [0.4, 0.5) is 0 Å². The van der Waals surface area contributed by atoms with Crippen LogP contribution in [0.1, 0.15) is 29.3 Å². The van der Waals surface area contributed by atoms with Crippen LogP contribution in [0.3, 0.4) is 0 Å². The molecule has 2 amide bonds. The van der Waals surface area contributed by atoms with Gasteiger partial charge in [-0.15, -0.1) is 11.3 Å². The lowest BCUT2D eigenvalue weighted by Crippen LogP contribution is -2.37. The Morgan fingerprint density at radius 2 is 1.93 bits per heavy atom. The molecule has 27 heavy (non-hydrogen) atoms. The van der Waals surface area contributed by atoms with Crippen LogP contribution in [0.2, 0.25) is 0 Å². The van der Waals surface area contributed by atoms with E-state index in [9.17, 15) is 9.59 Å². The summed E-state index contributed by atoms with van der Waals surface area (Å²) in [7, 11) is 0. The number of carbonyl (C=O) groups excluding carboxylic acids is 2. The van der Waals surface area contributed by atoms with Gasteiger partial charge < -0.3 is 10.6 Å². The molecule has 0 aliphatic heterocycles. The predicted octanol–water partition coefficient (Wildman–Crippen LogP) is 2.92. The molecule has 140 valence electrons. The monoisotopic (exact) mass is 382 g/mol. The molecule has 0 spiro atoms. The number of thiophene rings is 1. The topological polar surface area (TPSA) is 76.0 Å². The molecule has 6 nitrogen and oxygen atoms in total. The van der Waals surface area contributed by atoms with E-state index in [0.717, 1.165) is 16.9 Å². The summed E-state index contributed by atoms with van der Waals surface area (Å²) in [5.74, 6) is -0.496. The van der Waals surface area contributed by atoms with Crippen molar-refractivity contribution in [2.45, 2.75) is 19.9 Å². The van der Waals surface area contributed by atoms with E-state index in [2.05, 4.69) is 15.7 Å². The highest BCUT2D eigenvalue weighted by atomic mass is 32.1. The molecule has 0 aliphatic rings. The fraction of sp³-hybridized carbons (Fsp3) is 0.250. The molecule has 0 unspecified atom stereocenters. The minimum atomic E-state index is -0.302. The third-order valence-electron chi connectivity index (χ3n) is 3.93. The molecule has 7 heteroatoms. The highest BCUT2D eigenvalue weighted by Crippen LogP contribution is 2.27. The number of carbonyl (C=O) groups is 2. The summed E-state index contributed by atoms with van der Waals surface area (Å²) in [4.78, 5) is 25.3. The molecule has 0 bridgehead atoms. The molecule has 0 saturated carbocycles. The Balaban J connectivity index is 1.78. The number of aromatic nitrogens is 2. The fourth-order valence-electron chi connectivity index (χ4n) is 2.62. The van der Waals surface area contributed by atoms with Crippen LogP contribution in [-0.2, 0) is 11.3 Å². The smallest absolute Gasteiger partial charge is 0.255 e. The Hall–Kier alpha value is -2.93. The highest BCUT2D eigenvalue weighted by molar-refractivity contribution is 7.13. The van der Waals surface area contributed by atoms with Crippen molar-refractivity contribution in [2.24, 2.45) is 0 Å². The van der Waals surface area contributed by atoms with Gasteiger partial charge in [0.15, 0.2) is 0 Å². The first-order valence-corrected chi connectivity index (χ1v) is 9.75. The second-order valence-corrected chi connectivity index (χ2v) is 7.03. The second kappa shape index (κ2) is 9.14. The summed E-state index contributed by atoms with van der Waals surface area (Å²) >= 11 is 1.53. The first kappa shape index (κ1) is 18.8. The lowest BCUT2D eigenvalue weighted by molar-refractivity contribution is -0.120. The maximum absolute atomic E-state index is 12.7. The molecule has 2 aromatic heterocycles. The van der Waals surface area contributed by atoms with Crippen molar-refractivity contribution in [2.75, 3.05) is 13.1 Å². The molecule has 0 radical (unpaired) electrons. The van der Waals surface area contributed by atoms with Crippen molar-refractivity contribution in [1.82, 2.24) is 20.4 Å². The molecule has 3 aromatic rings. The Kier molecular flexibility index (Phi) is 6.38. The van der Waals surface area contributed by atoms with Crippen LogP contribution in [-0.4, -0.2) is 34.7 Å². The zero-order valence-electron chi connectivity index (χ0n) is 15.1. The number of rotatable bonds is 8. The largest absolute Gasteiger partial charge is 0.355 e. The van der Waals surface area contributed by atoms with Crippen molar-refractivity contribution < 1.29 is 9.59 Å². The fourth-order valence-corrected chi connectivity index (χ4v) is 3.34. The van der Waals surface area contributed by atoms with E-state index in [4.69, 9.17) is 0 Å². The maximum atomic E-state index is 12.7. The van der Waals surface area contributed by atoms with Gasteiger partial charge >= 0.3 is 0 Å². The number of nitrogens with zero attached hydrogens (tertiary/aromatic N) is 2. The molecule has 2 heterocycles. The highest BCUT2D eigenvalue weighted by Gasteiger charge is 2.19. The average Bonchev–Trinajstić information content (AvgIpc) is 3.35. The van der Waals surface area contributed by atoms with E-state index in [1.54, 1.807) is 10.9 Å². The van der Waals surface area contributed by atoms with Crippen LogP contribution in [0, 0.1) is 0 Å². The number of hydrogen-bond donors (Lipinski definition) is 2. The van der Waals surface area contributed by atoms with Gasteiger partial charge in [-0.1, -0.05) is 43.3 Å². The standard InChI is InChI=1S/C20H22N4O2S/c1-2-10-21-18(25)12-22-20(26)16-14-24(13-15-7-4-3-5-8-15)23-19(16)17-9-6-11-27-17/h3-9,11,14H,2,10,12-13H2,1H3,(H,21,25)(H,22,26). The number of nitrogens with one attached hydrogen (secondary N) is 2. The molecule has 0 aliphatic carbocycles. The minimum absolute atomic E-state index is 0.0490. The lowest BCUT2D eigenvalue weighted by Gasteiger charge is -2.05. The van der Waals surface area contributed by atoms with Crippen molar-refractivity contribution in [3.05, 3.63) is 65.2 Å². The SMILES string of the molecule is CCCNC(=O)CNC(=O)c1cn(Cc2ccccc2)nc1-c1cccs1. The van der Waals surface area contributed by atoms with E-state index >= 15 is 0 Å². The van der Waals surface area contributed by atoms with Crippen molar-refractivity contribution in [3.8, 4) is 10.6 Å². The third-order valence-corrected chi connectivity index (χ3v) is 4.81. The summed E-state index contributed by atoms with van der Waals surface area (Å²) in [6.45, 7) is 3.10. The van der Waals surface area contributed by atoms with E-state index in [0.29, 0.717) is 24.3 Å². The summed E-state index contributed by atoms with van der Waals surface area (Å²) in [5, 5.41) is 12.0. The minimum Gasteiger partial charge on any atom is -0.355 e. The lowest BCUT2D eigenvalue weighted by atomic mass is 10.2. The molecule has 3 rings (SSSR count). The van der Waals surface area contributed by atoms with Gasteiger partial charge in [0, 0.05) is 12.7 Å². The van der Waals surface area contributed by atoms with E-state index < -0.39 is 0 Å². The predicted molar refractivity (Wildman–Crippen MR) is 107 cm³/mol. The van der Waals surface area contributed by atoms with Gasteiger partial charge in [0.25, 0.3) is 5.91 Å². The van der Waals surface area contributed by atoms with E-state index in [1.807, 2.05) is 54.8 Å². The summed E-state index contributed by atoms with van der Waals surface area (Å²) in [6.07, 6.45) is 2.59. The average molecular weight is 382 g/mol. The van der Waals surface area contributed by atoms with Crippen molar-refractivity contribution >= 4 is 23.2 Å². The van der Waals surface area contributed by atoms with Crippen LogP contribution in [0.25, 0.3) is 10.6 Å². The van der Waals surface area contributed by atoms with Gasteiger partial charge in [0.05, 0.1) is 23.5 Å². The van der Waals surface area contributed by atoms with Gasteiger partial charge in [-0.3, -0.25) is 14.3 Å². The van der Waals surface area contributed by atoms with Crippen molar-refractivity contribution in [1.29, 1.82) is 0 Å². The molecule has 1 aromatic carbocycles. The van der Waals surface area contributed by atoms with E-state index in [-0.39, 0.29) is 18.4 Å². The zero-order chi connectivity index (χ0) is 19.1. The van der Waals surface area contributed by atoms with Gasteiger partial charge in [0.2, 0.25) is 5.91 Å². The van der Waals surface area contributed by atoms with Crippen LogP contribution < -0.4 is 10.6 Å². The summed E-state index contributed by atoms with van der Waals surface area (Å²) in [6, 6.07) is 13.8. The summed E-state index contributed by atoms with van der Waals surface area (Å²) in [5.41, 5.74) is 2.20. The number of hydrogen-bond acceptors (Lipinski definition) is 4. The van der Waals surface area contributed by atoms with Crippen LogP contribution >= 0.6 is 11.3 Å². The van der Waals surface area contributed by atoms with Crippen LogP contribution in [0.15, 0.2) is 54.0 Å². The Bertz CT molecular complexity index is 888. The third kappa shape index (κ3) is 5.04. The van der Waals surface area contributed by atoms with Gasteiger partial charge in [-0.25, -0.2) is 0 Å². The first-order chi connectivity index (χ1) is 13.2. The molecule has 0 atom stereocenters. The summed E-state index contributed by atoms with van der Waals surface area (Å²) < 4.78 is 1.76. The Morgan fingerprint density at radius 1 is 1.11 bits per heavy atom. The molecular weight excluding hydrogens is 360 g/mol. The number of amides is 2. The Morgan fingerprint density at radius 3 is 2.63 bits per heavy atom. The molecule has 2 N–H and O–H groups in total. The number of benzene rings is 1. The first-order valence-electron chi connectivity index (χ1n) is 8.87. The quantitative estimate of drug-likeness (QED) is 0.629. The van der Waals surface area contributed by atoms with Gasteiger partial charge in [-0.05, 0) is 23.4 Å². The van der Waals surface area contributed by atoms with Gasteiger partial charge in [0.1, 0.15) is 5.69 Å². The molecule has 0 fully saturated rings. The van der Waals surface area contributed by atoms with Crippen LogP contribution in [0.5, 0.6) is 0 Å². The van der Waals surface area contributed by atoms with E-state index in [1.165, 1.54) is 11.3 Å².